The zero-order valence-corrected chi connectivity index (χ0v) is 13.4. The summed E-state index contributed by atoms with van der Waals surface area (Å²) in [6.45, 7) is 1.48. The zero-order valence-electron chi connectivity index (χ0n) is 13.4. The third-order valence-corrected chi connectivity index (χ3v) is 3.41. The van der Waals surface area contributed by atoms with Crippen molar-refractivity contribution in [2.24, 2.45) is 0 Å². The number of halogens is 1. The fourth-order valence-corrected chi connectivity index (χ4v) is 2.24. The molecular formula is C16H16FN5O3. The first-order valence-electron chi connectivity index (χ1n) is 7.47. The van der Waals surface area contributed by atoms with E-state index in [1.165, 1.54) is 18.6 Å². The van der Waals surface area contributed by atoms with Crippen LogP contribution in [0.15, 0.2) is 36.9 Å². The minimum absolute atomic E-state index is 0.0107. The Balaban J connectivity index is 2.00. The van der Waals surface area contributed by atoms with Crippen molar-refractivity contribution in [1.29, 1.82) is 0 Å². The van der Waals surface area contributed by atoms with E-state index >= 15 is 0 Å². The monoisotopic (exact) mass is 345 g/mol. The summed E-state index contributed by atoms with van der Waals surface area (Å²) in [7, 11) is 0. The predicted octanol–water partition coefficient (Wildman–Crippen LogP) is 1.57. The van der Waals surface area contributed by atoms with Crippen molar-refractivity contribution in [3.8, 4) is 0 Å². The minimum Gasteiger partial charge on any atom is -0.394 e. The van der Waals surface area contributed by atoms with Gasteiger partial charge in [-0.2, -0.15) is 0 Å². The van der Waals surface area contributed by atoms with E-state index in [-0.39, 0.29) is 30.4 Å². The van der Waals surface area contributed by atoms with Crippen molar-refractivity contribution in [2.75, 3.05) is 18.5 Å². The number of fused-ring (bicyclic) bond motifs is 1. The van der Waals surface area contributed by atoms with Crippen LogP contribution in [0.4, 0.5) is 15.9 Å². The van der Waals surface area contributed by atoms with Crippen molar-refractivity contribution in [1.82, 2.24) is 19.8 Å². The lowest BCUT2D eigenvalue weighted by atomic mass is 10.2. The molecule has 2 heterocycles. The van der Waals surface area contributed by atoms with Gasteiger partial charge in [-0.25, -0.2) is 19.8 Å². The highest BCUT2D eigenvalue weighted by molar-refractivity contribution is 5.97. The number of hydroxylamine groups is 1. The summed E-state index contributed by atoms with van der Waals surface area (Å²) in [5, 5.41) is 11.6. The highest BCUT2D eigenvalue weighted by atomic mass is 19.1. The molecule has 0 radical (unpaired) electrons. The molecule has 3 N–H and O–H groups in total. The molecule has 3 aromatic rings. The molecule has 1 aromatic carbocycles. The van der Waals surface area contributed by atoms with Gasteiger partial charge in [0.05, 0.1) is 36.8 Å². The van der Waals surface area contributed by atoms with Crippen molar-refractivity contribution in [3.63, 3.8) is 0 Å². The maximum absolute atomic E-state index is 14.2. The normalized spacial score (nSPS) is 10.8. The Kier molecular flexibility index (Phi) is 4.87. The van der Waals surface area contributed by atoms with E-state index in [2.05, 4.69) is 20.8 Å². The van der Waals surface area contributed by atoms with Crippen LogP contribution in [0, 0.1) is 12.7 Å². The number of benzene rings is 1. The molecule has 0 atom stereocenters. The number of aryl methyl sites for hydroxylation is 1. The van der Waals surface area contributed by atoms with Crippen molar-refractivity contribution in [3.05, 3.63) is 54.0 Å². The van der Waals surface area contributed by atoms with E-state index in [9.17, 15) is 9.18 Å². The van der Waals surface area contributed by atoms with E-state index in [4.69, 9.17) is 9.94 Å². The van der Waals surface area contributed by atoms with Gasteiger partial charge in [-0.15, -0.1) is 0 Å². The number of hydrogen-bond donors (Lipinski definition) is 3. The molecule has 2 aromatic heterocycles. The number of carbonyl (C=O) groups is 1. The van der Waals surface area contributed by atoms with Crippen LogP contribution in [0.2, 0.25) is 0 Å². The Labute approximate surface area is 142 Å². The van der Waals surface area contributed by atoms with E-state index in [1.807, 2.05) is 0 Å². The maximum atomic E-state index is 14.2. The average Bonchev–Trinajstić information content (AvgIpc) is 3.06. The Morgan fingerprint density at radius 1 is 1.40 bits per heavy atom. The van der Waals surface area contributed by atoms with E-state index in [0.29, 0.717) is 5.52 Å². The molecule has 8 nitrogen and oxygen atoms in total. The van der Waals surface area contributed by atoms with E-state index < -0.39 is 11.7 Å². The summed E-state index contributed by atoms with van der Waals surface area (Å²) in [6.07, 6.45) is 4.51. The van der Waals surface area contributed by atoms with Gasteiger partial charge in [-0.3, -0.25) is 14.0 Å². The molecule has 0 fully saturated rings. The molecule has 0 aliphatic carbocycles. The molecule has 0 spiro atoms. The molecule has 0 saturated carbocycles. The van der Waals surface area contributed by atoms with Gasteiger partial charge in [-0.1, -0.05) is 6.07 Å². The Hall–Kier alpha value is -3.04. The van der Waals surface area contributed by atoms with Crippen LogP contribution in [0.1, 0.15) is 16.1 Å². The highest BCUT2D eigenvalue weighted by Crippen LogP contribution is 2.24. The van der Waals surface area contributed by atoms with Crippen molar-refractivity contribution in [2.45, 2.75) is 6.92 Å². The molecule has 0 saturated heterocycles. The quantitative estimate of drug-likeness (QED) is 0.463. The second kappa shape index (κ2) is 7.24. The summed E-state index contributed by atoms with van der Waals surface area (Å²) in [4.78, 5) is 25.2. The molecule has 0 aliphatic heterocycles. The number of nitrogens with zero attached hydrogens (tertiary/aromatic N) is 3. The summed E-state index contributed by atoms with van der Waals surface area (Å²) < 4.78 is 15.8. The molecule has 25 heavy (non-hydrogen) atoms. The number of amides is 1. The summed E-state index contributed by atoms with van der Waals surface area (Å²) in [5.74, 6) is -0.859. The van der Waals surface area contributed by atoms with Crippen LogP contribution >= 0.6 is 0 Å². The number of rotatable bonds is 6. The second-order valence-electron chi connectivity index (χ2n) is 5.26. The van der Waals surface area contributed by atoms with Crippen LogP contribution in [0.3, 0.4) is 0 Å². The number of aliphatic hydroxyl groups is 1. The molecular weight excluding hydrogens is 329 g/mol. The van der Waals surface area contributed by atoms with Gasteiger partial charge in [0.25, 0.3) is 5.91 Å². The van der Waals surface area contributed by atoms with Gasteiger partial charge in [-0.05, 0) is 24.6 Å². The minimum atomic E-state index is -0.640. The lowest BCUT2D eigenvalue weighted by Gasteiger charge is -2.14. The second-order valence-corrected chi connectivity index (χ2v) is 5.26. The van der Waals surface area contributed by atoms with E-state index in [0.717, 1.165) is 5.56 Å². The lowest BCUT2D eigenvalue weighted by Crippen LogP contribution is -2.27. The van der Waals surface area contributed by atoms with Crippen LogP contribution < -0.4 is 10.8 Å². The van der Waals surface area contributed by atoms with Gasteiger partial charge in [0.2, 0.25) is 0 Å². The van der Waals surface area contributed by atoms with Gasteiger partial charge in [0, 0.05) is 0 Å². The number of nitrogens with one attached hydrogen (secondary N) is 2. The van der Waals surface area contributed by atoms with Crippen molar-refractivity contribution >= 4 is 22.9 Å². The maximum Gasteiger partial charge on any atom is 0.297 e. The number of carbonyl (C=O) groups excluding carboxylic acids is 1. The topological polar surface area (TPSA) is 101 Å². The van der Waals surface area contributed by atoms with Crippen LogP contribution in [0.25, 0.3) is 5.52 Å². The summed E-state index contributed by atoms with van der Waals surface area (Å²) >= 11 is 0. The largest absolute Gasteiger partial charge is 0.394 e. The highest BCUT2D eigenvalue weighted by Gasteiger charge is 2.18. The number of hydrogen-bond acceptors (Lipinski definition) is 6. The smallest absolute Gasteiger partial charge is 0.297 e. The van der Waals surface area contributed by atoms with Crippen LogP contribution in [-0.2, 0) is 4.84 Å². The first-order valence-corrected chi connectivity index (χ1v) is 7.47. The lowest BCUT2D eigenvalue weighted by molar-refractivity contribution is 0.0165. The van der Waals surface area contributed by atoms with Crippen molar-refractivity contribution < 1.29 is 19.1 Å². The molecule has 0 bridgehead atoms. The Morgan fingerprint density at radius 2 is 2.24 bits per heavy atom. The number of aromatic nitrogens is 3. The molecule has 0 aliphatic rings. The molecule has 130 valence electrons. The first kappa shape index (κ1) is 16.8. The molecule has 0 unspecified atom stereocenters. The SMILES string of the molecule is Cc1ccc(Nc2c(C(=O)NOCCO)ncc3cncn23)c(F)c1. The van der Waals surface area contributed by atoms with Gasteiger partial charge >= 0.3 is 0 Å². The van der Waals surface area contributed by atoms with Gasteiger partial charge in [0.1, 0.15) is 18.0 Å². The van der Waals surface area contributed by atoms with Gasteiger partial charge in [0.15, 0.2) is 5.69 Å². The fraction of sp³-hybridized carbons (Fsp3) is 0.188. The number of aliphatic hydroxyl groups excluding tert-OH is 1. The Bertz CT molecular complexity index is 912. The number of anilines is 2. The third kappa shape index (κ3) is 3.57. The molecule has 1 amide bonds. The number of imidazole rings is 1. The first-order chi connectivity index (χ1) is 12.1. The Morgan fingerprint density at radius 3 is 3.00 bits per heavy atom. The van der Waals surface area contributed by atoms with Gasteiger partial charge < -0.3 is 10.4 Å². The zero-order chi connectivity index (χ0) is 17.8. The molecule has 9 heteroatoms. The molecule has 3 rings (SSSR count). The summed E-state index contributed by atoms with van der Waals surface area (Å²) in [5.41, 5.74) is 3.76. The third-order valence-electron chi connectivity index (χ3n) is 3.41. The fourth-order valence-electron chi connectivity index (χ4n) is 2.24. The standard InChI is InChI=1S/C16H16FN5O3/c1-10-2-3-13(12(17)6-10)20-15-14(16(24)21-25-5-4-23)19-8-11-7-18-9-22(11)15/h2-3,6-9,20,23H,4-5H2,1H3,(H,21,24). The predicted molar refractivity (Wildman–Crippen MR) is 87.9 cm³/mol. The average molecular weight is 345 g/mol. The van der Waals surface area contributed by atoms with Crippen LogP contribution in [0.5, 0.6) is 0 Å². The van der Waals surface area contributed by atoms with Crippen LogP contribution in [-0.4, -0.2) is 38.6 Å². The van der Waals surface area contributed by atoms with E-state index in [1.54, 1.807) is 29.7 Å². The summed E-state index contributed by atoms with van der Waals surface area (Å²) in [6, 6.07) is 4.70.